The molecule has 0 atom stereocenters. The van der Waals surface area contributed by atoms with Crippen molar-refractivity contribution in [1.29, 1.82) is 0 Å². The van der Waals surface area contributed by atoms with Gasteiger partial charge in [0.15, 0.2) is 0 Å². The zero-order chi connectivity index (χ0) is 13.3. The van der Waals surface area contributed by atoms with E-state index in [-0.39, 0.29) is 0 Å². The SMILES string of the molecule is CN(CCNC1CCOCC1)CCc1ccccc1. The molecule has 1 aromatic carbocycles. The van der Waals surface area contributed by atoms with Crippen LogP contribution in [-0.4, -0.2) is 50.8 Å². The number of likely N-dealkylation sites (N-methyl/N-ethyl adjacent to an activating group) is 1. The molecule has 2 rings (SSSR count). The third kappa shape index (κ3) is 5.72. The van der Waals surface area contributed by atoms with E-state index >= 15 is 0 Å². The molecule has 0 amide bonds. The molecule has 1 saturated heterocycles. The Labute approximate surface area is 116 Å². The van der Waals surface area contributed by atoms with E-state index in [4.69, 9.17) is 4.74 Å². The summed E-state index contributed by atoms with van der Waals surface area (Å²) in [5, 5.41) is 3.63. The molecule has 1 fully saturated rings. The summed E-state index contributed by atoms with van der Waals surface area (Å²) >= 11 is 0. The van der Waals surface area contributed by atoms with E-state index in [1.807, 2.05) is 0 Å². The zero-order valence-electron chi connectivity index (χ0n) is 12.0. The Morgan fingerprint density at radius 2 is 1.89 bits per heavy atom. The van der Waals surface area contributed by atoms with Crippen LogP contribution in [0.4, 0.5) is 0 Å². The van der Waals surface area contributed by atoms with Crippen molar-refractivity contribution < 1.29 is 4.74 Å². The fraction of sp³-hybridized carbons (Fsp3) is 0.625. The maximum Gasteiger partial charge on any atom is 0.0480 e. The largest absolute Gasteiger partial charge is 0.381 e. The Kier molecular flexibility index (Phi) is 6.34. The Morgan fingerprint density at radius 3 is 2.63 bits per heavy atom. The van der Waals surface area contributed by atoms with Crippen LogP contribution in [0.1, 0.15) is 18.4 Å². The lowest BCUT2D eigenvalue weighted by atomic mass is 10.1. The summed E-state index contributed by atoms with van der Waals surface area (Å²) in [6.07, 6.45) is 3.45. The van der Waals surface area contributed by atoms with Crippen molar-refractivity contribution in [3.8, 4) is 0 Å². The summed E-state index contributed by atoms with van der Waals surface area (Å²) in [5.41, 5.74) is 1.42. The molecule has 0 spiro atoms. The molecule has 1 aromatic rings. The van der Waals surface area contributed by atoms with Crippen molar-refractivity contribution in [3.05, 3.63) is 35.9 Å². The van der Waals surface area contributed by atoms with Crippen LogP contribution in [0.2, 0.25) is 0 Å². The highest BCUT2D eigenvalue weighted by Crippen LogP contribution is 2.05. The summed E-state index contributed by atoms with van der Waals surface area (Å²) in [6.45, 7) is 5.16. The molecule has 0 aromatic heterocycles. The third-order valence-electron chi connectivity index (χ3n) is 3.77. The van der Waals surface area contributed by atoms with Gasteiger partial charge >= 0.3 is 0 Å². The Bertz CT molecular complexity index is 336. The standard InChI is InChI=1S/C16H26N2O/c1-18(11-7-15-5-3-2-4-6-15)12-10-17-16-8-13-19-14-9-16/h2-6,16-17H,7-14H2,1H3. The minimum absolute atomic E-state index is 0.663. The van der Waals surface area contributed by atoms with Gasteiger partial charge in [0.05, 0.1) is 0 Å². The van der Waals surface area contributed by atoms with Crippen LogP contribution in [0.15, 0.2) is 30.3 Å². The quantitative estimate of drug-likeness (QED) is 0.812. The fourth-order valence-electron chi connectivity index (χ4n) is 2.44. The van der Waals surface area contributed by atoms with Crippen LogP contribution in [0.5, 0.6) is 0 Å². The lowest BCUT2D eigenvalue weighted by Gasteiger charge is -2.24. The Balaban J connectivity index is 1.55. The van der Waals surface area contributed by atoms with Gasteiger partial charge in [-0.05, 0) is 31.9 Å². The molecule has 0 radical (unpaired) electrons. The Morgan fingerprint density at radius 1 is 1.16 bits per heavy atom. The summed E-state index contributed by atoms with van der Waals surface area (Å²) in [5.74, 6) is 0. The summed E-state index contributed by atoms with van der Waals surface area (Å²) in [4.78, 5) is 2.40. The first-order valence-corrected chi connectivity index (χ1v) is 7.38. The van der Waals surface area contributed by atoms with Gasteiger partial charge in [0, 0.05) is 38.9 Å². The average molecular weight is 262 g/mol. The topological polar surface area (TPSA) is 24.5 Å². The lowest BCUT2D eigenvalue weighted by Crippen LogP contribution is -2.39. The second-order valence-corrected chi connectivity index (χ2v) is 5.38. The first-order chi connectivity index (χ1) is 9.34. The summed E-state index contributed by atoms with van der Waals surface area (Å²) in [6, 6.07) is 11.4. The molecule has 0 saturated carbocycles. The van der Waals surface area contributed by atoms with E-state index in [2.05, 4.69) is 47.6 Å². The van der Waals surface area contributed by atoms with Crippen LogP contribution in [0, 0.1) is 0 Å². The van der Waals surface area contributed by atoms with Crippen LogP contribution in [0.25, 0.3) is 0 Å². The molecule has 1 N–H and O–H groups in total. The van der Waals surface area contributed by atoms with Crippen molar-refractivity contribution in [1.82, 2.24) is 10.2 Å². The highest BCUT2D eigenvalue weighted by Gasteiger charge is 2.12. The van der Waals surface area contributed by atoms with Gasteiger partial charge in [-0.25, -0.2) is 0 Å². The minimum Gasteiger partial charge on any atom is -0.381 e. The molecule has 1 aliphatic rings. The number of hydrogen-bond acceptors (Lipinski definition) is 3. The molecule has 106 valence electrons. The van der Waals surface area contributed by atoms with Gasteiger partial charge in [-0.1, -0.05) is 30.3 Å². The van der Waals surface area contributed by atoms with Crippen molar-refractivity contribution >= 4 is 0 Å². The number of nitrogens with zero attached hydrogens (tertiary/aromatic N) is 1. The number of nitrogens with one attached hydrogen (secondary N) is 1. The van der Waals surface area contributed by atoms with Gasteiger partial charge in [-0.3, -0.25) is 0 Å². The van der Waals surface area contributed by atoms with Crippen molar-refractivity contribution in [2.75, 3.05) is 39.9 Å². The van der Waals surface area contributed by atoms with Gasteiger partial charge in [0.2, 0.25) is 0 Å². The molecule has 0 unspecified atom stereocenters. The first kappa shape index (κ1) is 14.5. The predicted molar refractivity (Wildman–Crippen MR) is 79.5 cm³/mol. The molecule has 1 heterocycles. The smallest absolute Gasteiger partial charge is 0.0480 e. The highest BCUT2D eigenvalue weighted by molar-refractivity contribution is 5.14. The molecular weight excluding hydrogens is 236 g/mol. The molecular formula is C16H26N2O. The minimum atomic E-state index is 0.663. The van der Waals surface area contributed by atoms with E-state index in [9.17, 15) is 0 Å². The molecule has 19 heavy (non-hydrogen) atoms. The monoisotopic (exact) mass is 262 g/mol. The number of rotatable bonds is 7. The summed E-state index contributed by atoms with van der Waals surface area (Å²) < 4.78 is 5.36. The third-order valence-corrected chi connectivity index (χ3v) is 3.77. The van der Waals surface area contributed by atoms with E-state index in [1.165, 1.54) is 5.56 Å². The number of benzene rings is 1. The van der Waals surface area contributed by atoms with Crippen LogP contribution < -0.4 is 5.32 Å². The van der Waals surface area contributed by atoms with E-state index < -0.39 is 0 Å². The van der Waals surface area contributed by atoms with E-state index in [0.29, 0.717) is 6.04 Å². The molecule has 0 aliphatic carbocycles. The lowest BCUT2D eigenvalue weighted by molar-refractivity contribution is 0.0775. The van der Waals surface area contributed by atoms with Gasteiger partial charge in [0.25, 0.3) is 0 Å². The first-order valence-electron chi connectivity index (χ1n) is 7.38. The number of ether oxygens (including phenoxy) is 1. The second kappa shape index (κ2) is 8.31. The highest BCUT2D eigenvalue weighted by atomic mass is 16.5. The van der Waals surface area contributed by atoms with E-state index in [1.54, 1.807) is 0 Å². The zero-order valence-corrected chi connectivity index (χ0v) is 12.0. The van der Waals surface area contributed by atoms with Gasteiger partial charge in [-0.15, -0.1) is 0 Å². The summed E-state index contributed by atoms with van der Waals surface area (Å²) in [7, 11) is 2.20. The maximum atomic E-state index is 5.36. The van der Waals surface area contributed by atoms with Crippen molar-refractivity contribution in [2.24, 2.45) is 0 Å². The average Bonchev–Trinajstić information content (AvgIpc) is 2.47. The van der Waals surface area contributed by atoms with Crippen molar-refractivity contribution in [3.63, 3.8) is 0 Å². The molecule has 3 heteroatoms. The van der Waals surface area contributed by atoms with Crippen molar-refractivity contribution in [2.45, 2.75) is 25.3 Å². The van der Waals surface area contributed by atoms with Gasteiger partial charge in [0.1, 0.15) is 0 Å². The van der Waals surface area contributed by atoms with Crippen LogP contribution >= 0.6 is 0 Å². The predicted octanol–water partition coefficient (Wildman–Crippen LogP) is 1.93. The van der Waals surface area contributed by atoms with Gasteiger partial charge < -0.3 is 15.0 Å². The van der Waals surface area contributed by atoms with E-state index in [0.717, 1.165) is 52.1 Å². The molecule has 3 nitrogen and oxygen atoms in total. The van der Waals surface area contributed by atoms with Gasteiger partial charge in [-0.2, -0.15) is 0 Å². The van der Waals surface area contributed by atoms with Crippen LogP contribution in [-0.2, 0) is 11.2 Å². The maximum absolute atomic E-state index is 5.36. The fourth-order valence-corrected chi connectivity index (χ4v) is 2.44. The molecule has 0 bridgehead atoms. The normalized spacial score (nSPS) is 16.9. The van der Waals surface area contributed by atoms with Crippen LogP contribution in [0.3, 0.4) is 0 Å². The number of hydrogen-bond donors (Lipinski definition) is 1. The second-order valence-electron chi connectivity index (χ2n) is 5.38. The molecule has 1 aliphatic heterocycles. The Hall–Kier alpha value is -0.900.